The summed E-state index contributed by atoms with van der Waals surface area (Å²) in [5, 5.41) is 6.85. The number of nitrogens with zero attached hydrogens (tertiary/aromatic N) is 3. The van der Waals surface area contributed by atoms with Gasteiger partial charge < -0.3 is 5.32 Å². The van der Waals surface area contributed by atoms with Gasteiger partial charge >= 0.3 is 6.18 Å². The highest BCUT2D eigenvalue weighted by atomic mass is 19.4. The van der Waals surface area contributed by atoms with E-state index in [2.05, 4.69) is 15.4 Å². The molecular formula is C14H17F3N4. The summed E-state index contributed by atoms with van der Waals surface area (Å²) in [5.41, 5.74) is -0.661. The number of halogens is 3. The predicted octanol–water partition coefficient (Wildman–Crippen LogP) is 3.03. The fourth-order valence-corrected chi connectivity index (χ4v) is 1.96. The van der Waals surface area contributed by atoms with Crippen LogP contribution in [0.25, 0.3) is 5.82 Å². The van der Waals surface area contributed by atoms with Crippen LogP contribution in [-0.4, -0.2) is 21.3 Å². The van der Waals surface area contributed by atoms with Crippen molar-refractivity contribution in [3.8, 4) is 5.82 Å². The highest BCUT2D eigenvalue weighted by molar-refractivity contribution is 5.30. The molecule has 0 saturated carbocycles. The van der Waals surface area contributed by atoms with E-state index in [0.29, 0.717) is 12.5 Å². The van der Waals surface area contributed by atoms with E-state index in [1.165, 1.54) is 18.5 Å². The maximum absolute atomic E-state index is 13.3. The molecule has 2 aromatic heterocycles. The molecule has 0 aromatic carbocycles. The molecule has 0 bridgehead atoms. The van der Waals surface area contributed by atoms with Crippen LogP contribution in [0.5, 0.6) is 0 Å². The SMILES string of the molecule is CC(C)CNCc1cnn(-c2ccccn2)c1C(F)(F)F. The summed E-state index contributed by atoms with van der Waals surface area (Å²) >= 11 is 0. The molecule has 1 N–H and O–H groups in total. The zero-order valence-corrected chi connectivity index (χ0v) is 11.9. The van der Waals surface area contributed by atoms with Gasteiger partial charge in [-0.25, -0.2) is 9.67 Å². The number of hydrogen-bond acceptors (Lipinski definition) is 3. The lowest BCUT2D eigenvalue weighted by Crippen LogP contribution is -2.22. The summed E-state index contributed by atoms with van der Waals surface area (Å²) in [6, 6.07) is 4.76. The van der Waals surface area contributed by atoms with Crippen LogP contribution in [0.15, 0.2) is 30.6 Å². The van der Waals surface area contributed by atoms with E-state index in [0.717, 1.165) is 4.68 Å². The largest absolute Gasteiger partial charge is 0.433 e. The maximum atomic E-state index is 13.3. The first-order chi connectivity index (χ1) is 9.89. The highest BCUT2D eigenvalue weighted by Gasteiger charge is 2.38. The predicted molar refractivity (Wildman–Crippen MR) is 72.9 cm³/mol. The van der Waals surface area contributed by atoms with E-state index >= 15 is 0 Å². The van der Waals surface area contributed by atoms with Crippen LogP contribution >= 0.6 is 0 Å². The molecule has 7 heteroatoms. The van der Waals surface area contributed by atoms with Crippen molar-refractivity contribution in [2.24, 2.45) is 5.92 Å². The molecule has 2 heterocycles. The second-order valence-corrected chi connectivity index (χ2v) is 5.14. The second-order valence-electron chi connectivity index (χ2n) is 5.14. The van der Waals surface area contributed by atoms with Gasteiger partial charge in [0.05, 0.1) is 6.20 Å². The summed E-state index contributed by atoms with van der Waals surface area (Å²) in [6.07, 6.45) is -1.80. The fraction of sp³-hybridized carbons (Fsp3) is 0.429. The molecule has 0 aliphatic heterocycles. The van der Waals surface area contributed by atoms with E-state index in [1.807, 2.05) is 13.8 Å². The van der Waals surface area contributed by atoms with Crippen molar-refractivity contribution in [3.63, 3.8) is 0 Å². The minimum Gasteiger partial charge on any atom is -0.312 e. The standard InChI is InChI=1S/C14H17F3N4/c1-10(2)7-18-8-11-9-20-21(13(11)14(15,16)17)12-5-3-4-6-19-12/h3-6,9-10,18H,7-8H2,1-2H3. The van der Waals surface area contributed by atoms with Gasteiger partial charge in [0.15, 0.2) is 11.5 Å². The van der Waals surface area contributed by atoms with Crippen molar-refractivity contribution in [2.75, 3.05) is 6.54 Å². The minimum atomic E-state index is -4.48. The number of nitrogens with one attached hydrogen (secondary N) is 1. The molecule has 0 fully saturated rings. The molecule has 4 nitrogen and oxygen atoms in total. The first-order valence-corrected chi connectivity index (χ1v) is 6.66. The third kappa shape index (κ3) is 3.81. The Kier molecular flexibility index (Phi) is 4.62. The van der Waals surface area contributed by atoms with Gasteiger partial charge in [-0.05, 0) is 24.6 Å². The molecule has 2 rings (SSSR count). The average Bonchev–Trinajstić information content (AvgIpc) is 2.83. The minimum absolute atomic E-state index is 0.119. The summed E-state index contributed by atoms with van der Waals surface area (Å²) in [7, 11) is 0. The van der Waals surface area contributed by atoms with Crippen molar-refractivity contribution >= 4 is 0 Å². The quantitative estimate of drug-likeness (QED) is 0.922. The Labute approximate surface area is 121 Å². The monoisotopic (exact) mass is 298 g/mol. The van der Waals surface area contributed by atoms with Gasteiger partial charge in [0.2, 0.25) is 0 Å². The van der Waals surface area contributed by atoms with Gasteiger partial charge in [0, 0.05) is 18.3 Å². The Morgan fingerprint density at radius 2 is 2.05 bits per heavy atom. The maximum Gasteiger partial charge on any atom is 0.433 e. The van der Waals surface area contributed by atoms with Gasteiger partial charge in [-0.15, -0.1) is 0 Å². The van der Waals surface area contributed by atoms with Crippen molar-refractivity contribution < 1.29 is 13.2 Å². The van der Waals surface area contributed by atoms with Crippen molar-refractivity contribution in [1.82, 2.24) is 20.1 Å². The van der Waals surface area contributed by atoms with Crippen LogP contribution in [0.3, 0.4) is 0 Å². The lowest BCUT2D eigenvalue weighted by Gasteiger charge is -2.13. The van der Waals surface area contributed by atoms with E-state index in [9.17, 15) is 13.2 Å². The summed E-state index contributed by atoms with van der Waals surface area (Å²) < 4.78 is 40.7. The Morgan fingerprint density at radius 3 is 2.62 bits per heavy atom. The van der Waals surface area contributed by atoms with Crippen LogP contribution in [-0.2, 0) is 12.7 Å². The second kappa shape index (κ2) is 6.26. The van der Waals surface area contributed by atoms with Gasteiger partial charge in [-0.2, -0.15) is 18.3 Å². The van der Waals surface area contributed by atoms with Gasteiger partial charge in [-0.3, -0.25) is 0 Å². The average molecular weight is 298 g/mol. The first-order valence-electron chi connectivity index (χ1n) is 6.66. The van der Waals surface area contributed by atoms with Crippen LogP contribution in [0.2, 0.25) is 0 Å². The topological polar surface area (TPSA) is 42.7 Å². The molecule has 0 unspecified atom stereocenters. The van der Waals surface area contributed by atoms with E-state index < -0.39 is 11.9 Å². The summed E-state index contributed by atoms with van der Waals surface area (Å²) in [5.74, 6) is 0.519. The van der Waals surface area contributed by atoms with Gasteiger partial charge in [-0.1, -0.05) is 19.9 Å². The smallest absolute Gasteiger partial charge is 0.312 e. The fourth-order valence-electron chi connectivity index (χ4n) is 1.96. The third-order valence-electron chi connectivity index (χ3n) is 2.85. The number of hydrogen-bond donors (Lipinski definition) is 1. The molecule has 0 aliphatic rings. The van der Waals surface area contributed by atoms with Crippen molar-refractivity contribution in [1.29, 1.82) is 0 Å². The lowest BCUT2D eigenvalue weighted by molar-refractivity contribution is -0.143. The van der Waals surface area contributed by atoms with Crippen molar-refractivity contribution in [2.45, 2.75) is 26.6 Å². The molecular weight excluding hydrogens is 281 g/mol. The molecule has 0 aliphatic carbocycles. The Hall–Kier alpha value is -1.89. The molecule has 114 valence electrons. The van der Waals surface area contributed by atoms with Crippen LogP contribution in [0.1, 0.15) is 25.1 Å². The molecule has 0 radical (unpaired) electrons. The molecule has 2 aromatic rings. The number of pyridine rings is 1. The molecule has 0 amide bonds. The Morgan fingerprint density at radius 1 is 1.29 bits per heavy atom. The van der Waals surface area contributed by atoms with Gasteiger partial charge in [0.1, 0.15) is 0 Å². The third-order valence-corrected chi connectivity index (χ3v) is 2.85. The summed E-state index contributed by atoms with van der Waals surface area (Å²) in [6.45, 7) is 4.76. The highest BCUT2D eigenvalue weighted by Crippen LogP contribution is 2.33. The van der Waals surface area contributed by atoms with E-state index in [-0.39, 0.29) is 17.9 Å². The molecule has 0 atom stereocenters. The van der Waals surface area contributed by atoms with Crippen LogP contribution in [0, 0.1) is 5.92 Å². The Bertz CT molecular complexity index is 576. The number of aromatic nitrogens is 3. The first kappa shape index (κ1) is 15.5. The summed E-state index contributed by atoms with van der Waals surface area (Å²) in [4.78, 5) is 3.93. The molecule has 0 spiro atoms. The number of alkyl halides is 3. The van der Waals surface area contributed by atoms with Gasteiger partial charge in [0.25, 0.3) is 0 Å². The zero-order chi connectivity index (χ0) is 15.5. The van der Waals surface area contributed by atoms with E-state index in [1.54, 1.807) is 12.1 Å². The Balaban J connectivity index is 2.33. The lowest BCUT2D eigenvalue weighted by atomic mass is 10.2. The normalized spacial score (nSPS) is 12.1. The van der Waals surface area contributed by atoms with Crippen LogP contribution < -0.4 is 5.32 Å². The molecule has 0 saturated heterocycles. The van der Waals surface area contributed by atoms with Crippen LogP contribution in [0.4, 0.5) is 13.2 Å². The molecule has 21 heavy (non-hydrogen) atoms. The van der Waals surface area contributed by atoms with E-state index in [4.69, 9.17) is 0 Å². The zero-order valence-electron chi connectivity index (χ0n) is 11.9. The van der Waals surface area contributed by atoms with Crippen molar-refractivity contribution in [3.05, 3.63) is 41.9 Å². The number of rotatable bonds is 5.